The van der Waals surface area contributed by atoms with Gasteiger partial charge in [0.1, 0.15) is 42.7 Å². The highest BCUT2D eigenvalue weighted by atomic mass is 16.8. The van der Waals surface area contributed by atoms with Gasteiger partial charge in [-0.05, 0) is 41.5 Å². The molecular weight excluding hydrogens is 576 g/mol. The Labute approximate surface area is 244 Å². The van der Waals surface area contributed by atoms with Crippen molar-refractivity contribution in [3.8, 4) is 23.0 Å². The van der Waals surface area contributed by atoms with E-state index in [-0.39, 0.29) is 30.5 Å². The number of phenols is 4. The lowest BCUT2D eigenvalue weighted by Gasteiger charge is -2.47. The minimum Gasteiger partial charge on any atom is -0.504 e. The molecular formula is C28H32O15. The number of aliphatic hydroxyl groups is 4. The van der Waals surface area contributed by atoms with Gasteiger partial charge >= 0.3 is 5.97 Å². The van der Waals surface area contributed by atoms with E-state index >= 15 is 0 Å². The topological polar surface area (TPSA) is 234 Å². The van der Waals surface area contributed by atoms with Gasteiger partial charge in [0.05, 0.1) is 19.8 Å². The summed E-state index contributed by atoms with van der Waals surface area (Å²) in [6, 6.07) is 7.93. The molecule has 3 aliphatic heterocycles. The van der Waals surface area contributed by atoms with Gasteiger partial charge in [-0.25, -0.2) is 4.79 Å². The minimum absolute atomic E-state index is 0.0626. The van der Waals surface area contributed by atoms with E-state index in [9.17, 15) is 45.6 Å². The van der Waals surface area contributed by atoms with Gasteiger partial charge in [0.2, 0.25) is 0 Å². The number of esters is 1. The quantitative estimate of drug-likeness (QED) is 0.108. The SMILES string of the molecule is O=C(C=Cc1ccc(O)c(O)c1)O[C@@H]1[C@H](O)[C@H]2O[C@@H](c3ccc(O)c(O)c3)CO[C@@H]2O[C@@H]1CO[C@H]1OC[C@@H](O)[C@H](O)[C@H]1O. The predicted octanol–water partition coefficient (Wildman–Crippen LogP) is -0.868. The van der Waals surface area contributed by atoms with E-state index in [1.165, 1.54) is 42.5 Å². The molecule has 15 nitrogen and oxygen atoms in total. The summed E-state index contributed by atoms with van der Waals surface area (Å²) in [6.45, 7) is -0.799. The van der Waals surface area contributed by atoms with Crippen molar-refractivity contribution < 1.29 is 74.1 Å². The van der Waals surface area contributed by atoms with Crippen molar-refractivity contribution in [2.75, 3.05) is 19.8 Å². The number of benzene rings is 2. The smallest absolute Gasteiger partial charge is 0.331 e. The average Bonchev–Trinajstić information content (AvgIpc) is 2.99. The Morgan fingerprint density at radius 3 is 2.28 bits per heavy atom. The lowest BCUT2D eigenvalue weighted by molar-refractivity contribution is -0.358. The van der Waals surface area contributed by atoms with E-state index in [1.807, 2.05) is 0 Å². The number of carbonyl (C=O) groups excluding carboxylic acids is 1. The number of fused-ring (bicyclic) bond motifs is 1. The zero-order valence-corrected chi connectivity index (χ0v) is 22.4. The molecule has 8 N–H and O–H groups in total. The highest BCUT2D eigenvalue weighted by Gasteiger charge is 2.52. The maximum Gasteiger partial charge on any atom is 0.331 e. The second-order valence-corrected chi connectivity index (χ2v) is 10.3. The fourth-order valence-corrected chi connectivity index (χ4v) is 4.88. The fraction of sp³-hybridized carbons (Fsp3) is 0.464. The first-order valence-electron chi connectivity index (χ1n) is 13.3. The van der Waals surface area contributed by atoms with E-state index in [0.29, 0.717) is 11.1 Å². The Bertz CT molecular complexity index is 1320. The van der Waals surface area contributed by atoms with Crippen LogP contribution in [0.5, 0.6) is 23.0 Å². The van der Waals surface area contributed by atoms with Crippen LogP contribution in [0.2, 0.25) is 0 Å². The first kappa shape index (κ1) is 30.9. The summed E-state index contributed by atoms with van der Waals surface area (Å²) in [5.41, 5.74) is 0.796. The summed E-state index contributed by atoms with van der Waals surface area (Å²) in [7, 11) is 0. The van der Waals surface area contributed by atoms with Crippen LogP contribution in [0.25, 0.3) is 6.08 Å². The molecule has 15 heteroatoms. The molecule has 2 aromatic carbocycles. The lowest BCUT2D eigenvalue weighted by atomic mass is 9.97. The molecule has 0 radical (unpaired) electrons. The number of aliphatic hydroxyl groups excluding tert-OH is 4. The van der Waals surface area contributed by atoms with Gasteiger partial charge in [-0.15, -0.1) is 0 Å². The molecule has 3 heterocycles. The maximum absolute atomic E-state index is 12.8. The molecule has 0 saturated carbocycles. The Morgan fingerprint density at radius 2 is 1.56 bits per heavy atom. The number of hydrogen-bond donors (Lipinski definition) is 8. The van der Waals surface area contributed by atoms with E-state index in [2.05, 4.69) is 0 Å². The largest absolute Gasteiger partial charge is 0.504 e. The molecule has 43 heavy (non-hydrogen) atoms. The molecule has 0 amide bonds. The van der Waals surface area contributed by atoms with Crippen molar-refractivity contribution in [3.05, 3.63) is 53.6 Å². The molecule has 3 aliphatic rings. The third kappa shape index (κ3) is 6.85. The number of carbonyl (C=O) groups is 1. The second-order valence-electron chi connectivity index (χ2n) is 10.3. The van der Waals surface area contributed by atoms with E-state index in [1.54, 1.807) is 0 Å². The predicted molar refractivity (Wildman–Crippen MR) is 140 cm³/mol. The zero-order valence-electron chi connectivity index (χ0n) is 22.4. The van der Waals surface area contributed by atoms with Crippen LogP contribution in [0, 0.1) is 0 Å². The van der Waals surface area contributed by atoms with E-state index in [0.717, 1.165) is 6.08 Å². The maximum atomic E-state index is 12.8. The fourth-order valence-electron chi connectivity index (χ4n) is 4.88. The van der Waals surface area contributed by atoms with Crippen molar-refractivity contribution in [2.45, 2.75) is 61.4 Å². The number of rotatable bonds is 7. The van der Waals surface area contributed by atoms with Crippen molar-refractivity contribution in [1.82, 2.24) is 0 Å². The highest BCUT2D eigenvalue weighted by molar-refractivity contribution is 5.87. The summed E-state index contributed by atoms with van der Waals surface area (Å²) in [4.78, 5) is 12.8. The van der Waals surface area contributed by atoms with Gasteiger partial charge in [0.15, 0.2) is 41.7 Å². The van der Waals surface area contributed by atoms with E-state index < -0.39 is 79.7 Å². The van der Waals surface area contributed by atoms with Crippen LogP contribution in [-0.2, 0) is 33.2 Å². The summed E-state index contributed by atoms with van der Waals surface area (Å²) in [5.74, 6) is -2.38. The molecule has 0 bridgehead atoms. The third-order valence-electron chi connectivity index (χ3n) is 7.26. The Kier molecular flexibility index (Phi) is 9.36. The Morgan fingerprint density at radius 1 is 0.837 bits per heavy atom. The van der Waals surface area contributed by atoms with E-state index in [4.69, 9.17) is 28.4 Å². The number of phenolic OH excluding ortho intramolecular Hbond substituents is 4. The summed E-state index contributed by atoms with van der Waals surface area (Å²) in [6.07, 6.45) is -10.8. The number of hydrogen-bond acceptors (Lipinski definition) is 15. The van der Waals surface area contributed by atoms with Gasteiger partial charge in [-0.1, -0.05) is 12.1 Å². The van der Waals surface area contributed by atoms with Crippen LogP contribution in [0.4, 0.5) is 0 Å². The van der Waals surface area contributed by atoms with Gasteiger partial charge in [-0.2, -0.15) is 0 Å². The first-order chi connectivity index (χ1) is 20.5. The summed E-state index contributed by atoms with van der Waals surface area (Å²) >= 11 is 0. The molecule has 2 aromatic rings. The van der Waals surface area contributed by atoms with Crippen LogP contribution < -0.4 is 0 Å². The molecule has 10 atom stereocenters. The monoisotopic (exact) mass is 608 g/mol. The van der Waals surface area contributed by atoms with Gasteiger partial charge in [-0.3, -0.25) is 0 Å². The number of aromatic hydroxyl groups is 4. The summed E-state index contributed by atoms with van der Waals surface area (Å²) in [5, 5.41) is 79.9. The van der Waals surface area contributed by atoms with Crippen LogP contribution in [0.15, 0.2) is 42.5 Å². The van der Waals surface area contributed by atoms with Crippen molar-refractivity contribution in [1.29, 1.82) is 0 Å². The lowest BCUT2D eigenvalue weighted by Crippen LogP contribution is -2.63. The van der Waals surface area contributed by atoms with Crippen molar-refractivity contribution in [3.63, 3.8) is 0 Å². The van der Waals surface area contributed by atoms with Crippen LogP contribution >= 0.6 is 0 Å². The zero-order chi connectivity index (χ0) is 30.8. The normalized spacial score (nSPS) is 34.5. The Balaban J connectivity index is 1.32. The minimum atomic E-state index is -1.60. The van der Waals surface area contributed by atoms with Crippen molar-refractivity contribution in [2.24, 2.45) is 0 Å². The average molecular weight is 609 g/mol. The van der Waals surface area contributed by atoms with Gasteiger partial charge in [0, 0.05) is 6.08 Å². The van der Waals surface area contributed by atoms with Crippen LogP contribution in [0.3, 0.4) is 0 Å². The molecule has 3 fully saturated rings. The summed E-state index contributed by atoms with van der Waals surface area (Å²) < 4.78 is 34.1. The van der Waals surface area contributed by atoms with Crippen LogP contribution in [-0.4, -0.2) is 122 Å². The second kappa shape index (κ2) is 13.0. The van der Waals surface area contributed by atoms with Crippen molar-refractivity contribution >= 4 is 12.0 Å². The standard InChI is InChI=1S/C28H32O15/c29-14-4-1-12(7-16(14)31)2-6-21(34)43-25-20(11-39-27-23(36)22(35)18(33)9-38-27)42-28-26(24(25)37)41-19(10-40-28)13-3-5-15(30)17(32)8-13/h1-8,18-20,22-33,35-37H,9-11H2/t18-,19-,20-,22+,23-,24+,25+,26-,27-,28-/m1/s1. The molecule has 0 aromatic heterocycles. The van der Waals surface area contributed by atoms with Gasteiger partial charge in [0.25, 0.3) is 0 Å². The first-order valence-corrected chi connectivity index (χ1v) is 13.3. The number of ether oxygens (including phenoxy) is 6. The molecule has 3 saturated heterocycles. The highest BCUT2D eigenvalue weighted by Crippen LogP contribution is 2.37. The van der Waals surface area contributed by atoms with Crippen LogP contribution in [0.1, 0.15) is 17.2 Å². The third-order valence-corrected chi connectivity index (χ3v) is 7.26. The molecule has 0 aliphatic carbocycles. The van der Waals surface area contributed by atoms with Gasteiger partial charge < -0.3 is 69.3 Å². The molecule has 0 unspecified atom stereocenters. The molecule has 234 valence electrons. The molecule has 5 rings (SSSR count). The molecule has 0 spiro atoms. The Hall–Kier alpha value is -3.51.